The molecule has 100 valence electrons. The molecule has 4 nitrogen and oxygen atoms in total. The van der Waals surface area contributed by atoms with Gasteiger partial charge < -0.3 is 15.4 Å². The van der Waals surface area contributed by atoms with Gasteiger partial charge in [-0.1, -0.05) is 18.2 Å². The van der Waals surface area contributed by atoms with E-state index in [4.69, 9.17) is 4.74 Å². The predicted molar refractivity (Wildman–Crippen MR) is 72.8 cm³/mol. The van der Waals surface area contributed by atoms with Gasteiger partial charge in [0.2, 0.25) is 5.91 Å². The summed E-state index contributed by atoms with van der Waals surface area (Å²) in [5, 5.41) is 5.79. The van der Waals surface area contributed by atoms with Crippen molar-refractivity contribution in [1.82, 2.24) is 10.6 Å². The summed E-state index contributed by atoms with van der Waals surface area (Å²) < 4.78 is 5.77. The van der Waals surface area contributed by atoms with Crippen molar-refractivity contribution in [1.29, 1.82) is 0 Å². The van der Waals surface area contributed by atoms with E-state index < -0.39 is 0 Å². The van der Waals surface area contributed by atoms with E-state index in [1.807, 2.05) is 45.2 Å². The van der Waals surface area contributed by atoms with Crippen molar-refractivity contribution < 1.29 is 9.53 Å². The molecule has 0 heterocycles. The number of carbonyl (C=O) groups is 1. The average Bonchev–Trinajstić information content (AvgIpc) is 2.36. The number of rotatable bonds is 7. The fraction of sp³-hybridized carbons (Fsp3) is 0.500. The highest BCUT2D eigenvalue weighted by atomic mass is 16.5. The molecule has 0 saturated carbocycles. The first-order valence-corrected chi connectivity index (χ1v) is 6.27. The first-order chi connectivity index (χ1) is 8.63. The standard InChI is InChI=1S/C14H22N2O2/c1-11-6-4-5-7-13(11)18-12(2)10-16-14(17)8-9-15-3/h4-7,12,15H,8-10H2,1-3H3,(H,16,17). The van der Waals surface area contributed by atoms with Gasteiger partial charge in [0.1, 0.15) is 11.9 Å². The molecule has 1 atom stereocenters. The summed E-state index contributed by atoms with van der Waals surface area (Å²) in [7, 11) is 1.83. The highest BCUT2D eigenvalue weighted by molar-refractivity contribution is 5.76. The van der Waals surface area contributed by atoms with E-state index in [-0.39, 0.29) is 12.0 Å². The molecule has 0 radical (unpaired) electrons. The van der Waals surface area contributed by atoms with Gasteiger partial charge in [-0.3, -0.25) is 4.79 Å². The minimum atomic E-state index is -0.0374. The van der Waals surface area contributed by atoms with Crippen LogP contribution in [0.1, 0.15) is 18.9 Å². The zero-order chi connectivity index (χ0) is 13.4. The Labute approximate surface area is 109 Å². The van der Waals surface area contributed by atoms with E-state index in [1.54, 1.807) is 0 Å². The molecule has 0 aliphatic carbocycles. The smallest absolute Gasteiger partial charge is 0.221 e. The van der Waals surface area contributed by atoms with Crippen LogP contribution in [0.4, 0.5) is 0 Å². The molecule has 0 fully saturated rings. The quantitative estimate of drug-likeness (QED) is 0.771. The Bertz CT molecular complexity index is 380. The Hall–Kier alpha value is -1.55. The molecule has 0 saturated heterocycles. The topological polar surface area (TPSA) is 50.4 Å². The van der Waals surface area contributed by atoms with E-state index >= 15 is 0 Å². The molecule has 1 rings (SSSR count). The van der Waals surface area contributed by atoms with Gasteiger partial charge in [0.25, 0.3) is 0 Å². The molecular formula is C14H22N2O2. The lowest BCUT2D eigenvalue weighted by Gasteiger charge is -2.16. The number of para-hydroxylation sites is 1. The second-order valence-corrected chi connectivity index (χ2v) is 4.35. The molecule has 2 N–H and O–H groups in total. The van der Waals surface area contributed by atoms with Gasteiger partial charge in [-0.15, -0.1) is 0 Å². The first kappa shape index (κ1) is 14.5. The van der Waals surface area contributed by atoms with Crippen LogP contribution in [0.5, 0.6) is 5.75 Å². The Morgan fingerprint density at radius 3 is 2.78 bits per heavy atom. The molecule has 18 heavy (non-hydrogen) atoms. The largest absolute Gasteiger partial charge is 0.489 e. The van der Waals surface area contributed by atoms with Gasteiger partial charge in [-0.2, -0.15) is 0 Å². The molecular weight excluding hydrogens is 228 g/mol. The van der Waals surface area contributed by atoms with E-state index in [1.165, 1.54) is 0 Å². The van der Waals surface area contributed by atoms with Crippen molar-refractivity contribution in [2.24, 2.45) is 0 Å². The molecule has 0 aliphatic heterocycles. The number of benzene rings is 1. The van der Waals surface area contributed by atoms with Crippen LogP contribution >= 0.6 is 0 Å². The number of hydrogen-bond donors (Lipinski definition) is 2. The maximum absolute atomic E-state index is 11.4. The van der Waals surface area contributed by atoms with E-state index in [9.17, 15) is 4.79 Å². The van der Waals surface area contributed by atoms with Crippen molar-refractivity contribution >= 4 is 5.91 Å². The molecule has 1 aromatic rings. The van der Waals surface area contributed by atoms with Crippen molar-refractivity contribution in [3.63, 3.8) is 0 Å². The summed E-state index contributed by atoms with van der Waals surface area (Å²) in [5.74, 6) is 0.916. The van der Waals surface area contributed by atoms with Crippen LogP contribution < -0.4 is 15.4 Å². The van der Waals surface area contributed by atoms with Gasteiger partial charge in [0, 0.05) is 13.0 Å². The maximum Gasteiger partial charge on any atom is 0.221 e. The van der Waals surface area contributed by atoms with E-state index in [2.05, 4.69) is 10.6 Å². The van der Waals surface area contributed by atoms with Crippen molar-refractivity contribution in [2.45, 2.75) is 26.4 Å². The Balaban J connectivity index is 2.32. The van der Waals surface area contributed by atoms with E-state index in [0.29, 0.717) is 19.5 Å². The normalized spacial score (nSPS) is 11.9. The first-order valence-electron chi connectivity index (χ1n) is 6.27. The lowest BCUT2D eigenvalue weighted by atomic mass is 10.2. The van der Waals surface area contributed by atoms with Crippen LogP contribution in [0.3, 0.4) is 0 Å². The molecule has 1 unspecified atom stereocenters. The molecule has 4 heteroatoms. The summed E-state index contributed by atoms with van der Waals surface area (Å²) in [5.41, 5.74) is 1.10. The third-order valence-corrected chi connectivity index (χ3v) is 2.61. The van der Waals surface area contributed by atoms with Crippen molar-refractivity contribution in [3.05, 3.63) is 29.8 Å². The van der Waals surface area contributed by atoms with Gasteiger partial charge in [-0.25, -0.2) is 0 Å². The zero-order valence-corrected chi connectivity index (χ0v) is 11.3. The van der Waals surface area contributed by atoms with Crippen LogP contribution in [0.2, 0.25) is 0 Å². The van der Waals surface area contributed by atoms with E-state index in [0.717, 1.165) is 11.3 Å². The van der Waals surface area contributed by atoms with Crippen LogP contribution in [-0.4, -0.2) is 32.1 Å². The van der Waals surface area contributed by atoms with Crippen LogP contribution in [-0.2, 0) is 4.79 Å². The number of ether oxygens (including phenoxy) is 1. The average molecular weight is 250 g/mol. The molecule has 0 aromatic heterocycles. The summed E-state index contributed by atoms with van der Waals surface area (Å²) in [6, 6.07) is 7.87. The van der Waals surface area contributed by atoms with Crippen LogP contribution in [0, 0.1) is 6.92 Å². The molecule has 1 amide bonds. The molecule has 0 spiro atoms. The molecule has 0 bridgehead atoms. The van der Waals surface area contributed by atoms with Gasteiger partial charge in [-0.05, 0) is 32.5 Å². The van der Waals surface area contributed by atoms with Crippen LogP contribution in [0.15, 0.2) is 24.3 Å². The van der Waals surface area contributed by atoms with Gasteiger partial charge in [0.15, 0.2) is 0 Å². The van der Waals surface area contributed by atoms with Gasteiger partial charge in [0.05, 0.1) is 6.54 Å². The monoisotopic (exact) mass is 250 g/mol. The highest BCUT2D eigenvalue weighted by Crippen LogP contribution is 2.17. The lowest BCUT2D eigenvalue weighted by molar-refractivity contribution is -0.121. The summed E-state index contributed by atoms with van der Waals surface area (Å²) in [4.78, 5) is 11.4. The Kier molecular flexibility index (Phi) is 6.22. The second-order valence-electron chi connectivity index (χ2n) is 4.35. The third kappa shape index (κ3) is 5.19. The zero-order valence-electron chi connectivity index (χ0n) is 11.3. The van der Waals surface area contributed by atoms with Crippen molar-refractivity contribution in [3.8, 4) is 5.75 Å². The predicted octanol–water partition coefficient (Wildman–Crippen LogP) is 1.49. The number of hydrogen-bond acceptors (Lipinski definition) is 3. The Morgan fingerprint density at radius 1 is 1.39 bits per heavy atom. The maximum atomic E-state index is 11.4. The fourth-order valence-electron chi connectivity index (χ4n) is 1.53. The number of nitrogens with one attached hydrogen (secondary N) is 2. The number of aryl methyl sites for hydroxylation is 1. The lowest BCUT2D eigenvalue weighted by Crippen LogP contribution is -2.34. The number of amides is 1. The molecule has 1 aromatic carbocycles. The summed E-state index contributed by atoms with van der Waals surface area (Å²) >= 11 is 0. The fourth-order valence-corrected chi connectivity index (χ4v) is 1.53. The summed E-state index contributed by atoms with van der Waals surface area (Å²) in [6.07, 6.45) is 0.456. The van der Waals surface area contributed by atoms with Gasteiger partial charge >= 0.3 is 0 Å². The SMILES string of the molecule is CNCCC(=O)NCC(C)Oc1ccccc1C. The molecule has 0 aliphatic rings. The Morgan fingerprint density at radius 2 is 2.11 bits per heavy atom. The summed E-state index contributed by atoms with van der Waals surface area (Å²) in [6.45, 7) is 5.17. The second kappa shape index (κ2) is 7.71. The minimum absolute atomic E-state index is 0.0374. The minimum Gasteiger partial charge on any atom is -0.489 e. The van der Waals surface area contributed by atoms with Crippen molar-refractivity contribution in [2.75, 3.05) is 20.1 Å². The van der Waals surface area contributed by atoms with Crippen LogP contribution in [0.25, 0.3) is 0 Å². The number of carbonyl (C=O) groups excluding carboxylic acids is 1. The third-order valence-electron chi connectivity index (χ3n) is 2.61. The highest BCUT2D eigenvalue weighted by Gasteiger charge is 2.07.